The molecule has 0 radical (unpaired) electrons. The number of hydrogen-bond donors (Lipinski definition) is 1. The topological polar surface area (TPSA) is 86.1 Å². The number of esters is 1. The van der Waals surface area contributed by atoms with Crippen molar-refractivity contribution in [2.45, 2.75) is 13.5 Å². The van der Waals surface area contributed by atoms with Crippen molar-refractivity contribution < 1.29 is 14.3 Å². The molecule has 0 aliphatic rings. The minimum atomic E-state index is -0.555. The lowest BCUT2D eigenvalue weighted by Gasteiger charge is -2.05. The Morgan fingerprint density at radius 3 is 2.73 bits per heavy atom. The molecule has 3 aromatic heterocycles. The molecule has 1 amide bonds. The minimum absolute atomic E-state index is 0.332. The van der Waals surface area contributed by atoms with Gasteiger partial charge in [-0.1, -0.05) is 41.9 Å². The zero-order chi connectivity index (χ0) is 21.1. The van der Waals surface area contributed by atoms with Crippen molar-refractivity contribution in [1.82, 2.24) is 14.8 Å². The number of carbonyl (C=O) groups is 2. The molecule has 4 aromatic rings. The van der Waals surface area contributed by atoms with Crippen LogP contribution < -0.4 is 5.32 Å². The van der Waals surface area contributed by atoms with Crippen molar-refractivity contribution in [3.63, 3.8) is 0 Å². The highest BCUT2D eigenvalue weighted by Gasteiger charge is 2.18. The van der Waals surface area contributed by atoms with E-state index in [1.165, 1.54) is 17.5 Å². The molecule has 0 unspecified atom stereocenters. The van der Waals surface area contributed by atoms with Crippen LogP contribution in [0.1, 0.15) is 20.9 Å². The highest BCUT2D eigenvalue weighted by Crippen LogP contribution is 2.29. The average Bonchev–Trinajstić information content (AvgIpc) is 3.30. The first-order chi connectivity index (χ1) is 14.5. The Hall–Kier alpha value is -3.23. The molecule has 0 saturated carbocycles. The Bertz CT molecular complexity index is 1200. The third kappa shape index (κ3) is 4.50. The molecule has 1 aromatic carbocycles. The molecule has 9 heteroatoms. The number of anilines is 1. The predicted molar refractivity (Wildman–Crippen MR) is 116 cm³/mol. The Kier molecular flexibility index (Phi) is 5.78. The molecule has 4 rings (SSSR count). The van der Waals surface area contributed by atoms with E-state index >= 15 is 0 Å². The Morgan fingerprint density at radius 2 is 2.00 bits per heavy atom. The van der Waals surface area contributed by atoms with Crippen LogP contribution in [0.5, 0.6) is 0 Å². The number of nitrogens with zero attached hydrogens (tertiary/aromatic N) is 3. The highest BCUT2D eigenvalue weighted by molar-refractivity contribution is 7.20. The predicted octanol–water partition coefficient (Wildman–Crippen LogP) is 4.30. The number of fused-ring (bicyclic) bond motifs is 1. The van der Waals surface area contributed by atoms with Gasteiger partial charge in [-0.05, 0) is 30.7 Å². The first kappa shape index (κ1) is 20.1. The lowest BCUT2D eigenvalue weighted by Crippen LogP contribution is -2.21. The van der Waals surface area contributed by atoms with Crippen molar-refractivity contribution in [3.8, 4) is 0 Å². The zero-order valence-corrected chi connectivity index (χ0v) is 17.5. The second-order valence-electron chi connectivity index (χ2n) is 6.54. The second-order valence-corrected chi connectivity index (χ2v) is 8.01. The van der Waals surface area contributed by atoms with Crippen LogP contribution in [0.2, 0.25) is 5.02 Å². The Balaban J connectivity index is 1.42. The van der Waals surface area contributed by atoms with Crippen molar-refractivity contribution in [1.29, 1.82) is 0 Å². The lowest BCUT2D eigenvalue weighted by atomic mass is 10.2. The number of halogens is 1. The number of rotatable bonds is 6. The number of aromatic nitrogens is 3. The van der Waals surface area contributed by atoms with E-state index in [4.69, 9.17) is 16.3 Å². The summed E-state index contributed by atoms with van der Waals surface area (Å²) in [7, 11) is 0. The van der Waals surface area contributed by atoms with Gasteiger partial charge in [0.05, 0.1) is 17.3 Å². The van der Waals surface area contributed by atoms with Gasteiger partial charge < -0.3 is 10.1 Å². The van der Waals surface area contributed by atoms with Crippen molar-refractivity contribution in [3.05, 3.63) is 75.9 Å². The van der Waals surface area contributed by atoms with E-state index in [0.717, 1.165) is 21.5 Å². The average molecular weight is 441 g/mol. The van der Waals surface area contributed by atoms with Gasteiger partial charge in [0.2, 0.25) is 0 Å². The monoisotopic (exact) mass is 440 g/mol. The number of thiophene rings is 1. The largest absolute Gasteiger partial charge is 0.451 e. The number of benzene rings is 1. The fraction of sp³-hybridized carbons (Fsp3) is 0.143. The molecule has 30 heavy (non-hydrogen) atoms. The maximum absolute atomic E-state index is 12.4. The number of nitrogens with one attached hydrogen (secondary N) is 1. The van der Waals surface area contributed by atoms with Crippen LogP contribution in [-0.4, -0.2) is 33.2 Å². The molecular weight excluding hydrogens is 424 g/mol. The molecule has 152 valence electrons. The Labute approximate surface area is 181 Å². The number of aryl methyl sites for hydroxylation is 1. The molecule has 0 spiro atoms. The molecule has 0 aliphatic heterocycles. The fourth-order valence-electron chi connectivity index (χ4n) is 2.91. The highest BCUT2D eigenvalue weighted by atomic mass is 35.5. The first-order valence-electron chi connectivity index (χ1n) is 9.09. The number of amides is 1. The van der Waals surface area contributed by atoms with Crippen LogP contribution in [0.15, 0.2) is 54.7 Å². The van der Waals surface area contributed by atoms with Crippen LogP contribution >= 0.6 is 22.9 Å². The van der Waals surface area contributed by atoms with Gasteiger partial charge in [-0.15, -0.1) is 11.3 Å². The van der Waals surface area contributed by atoms with Crippen molar-refractivity contribution in [2.24, 2.45) is 0 Å². The quantitative estimate of drug-likeness (QED) is 0.452. The van der Waals surface area contributed by atoms with Crippen LogP contribution in [0.3, 0.4) is 0 Å². The summed E-state index contributed by atoms with van der Waals surface area (Å²) in [6, 6.07) is 14.9. The second kappa shape index (κ2) is 8.64. The zero-order valence-electron chi connectivity index (χ0n) is 16.0. The lowest BCUT2D eigenvalue weighted by molar-refractivity contribution is -0.119. The summed E-state index contributed by atoms with van der Waals surface area (Å²) in [5.41, 5.74) is 1.95. The third-order valence-electron chi connectivity index (χ3n) is 4.31. The maximum atomic E-state index is 12.4. The molecule has 1 N–H and O–H groups in total. The van der Waals surface area contributed by atoms with Gasteiger partial charge >= 0.3 is 5.97 Å². The molecule has 0 fully saturated rings. The maximum Gasteiger partial charge on any atom is 0.348 e. The summed E-state index contributed by atoms with van der Waals surface area (Å²) in [4.78, 5) is 29.7. The molecular formula is C21H17ClN4O3S. The summed E-state index contributed by atoms with van der Waals surface area (Å²) >= 11 is 7.06. The summed E-state index contributed by atoms with van der Waals surface area (Å²) in [5, 5.41) is 8.48. The summed E-state index contributed by atoms with van der Waals surface area (Å²) in [5.74, 6) is -0.703. The van der Waals surface area contributed by atoms with Crippen LogP contribution in [0, 0.1) is 6.92 Å². The van der Waals surface area contributed by atoms with Crippen LogP contribution in [0.25, 0.3) is 10.2 Å². The van der Waals surface area contributed by atoms with E-state index in [0.29, 0.717) is 22.3 Å². The third-order valence-corrected chi connectivity index (χ3v) is 5.67. The fourth-order valence-corrected chi connectivity index (χ4v) is 4.07. The normalized spacial score (nSPS) is 10.9. The van der Waals surface area contributed by atoms with Gasteiger partial charge in [0.1, 0.15) is 15.5 Å². The van der Waals surface area contributed by atoms with E-state index in [2.05, 4.69) is 15.4 Å². The van der Waals surface area contributed by atoms with Crippen LogP contribution in [0.4, 0.5) is 5.82 Å². The van der Waals surface area contributed by atoms with E-state index in [1.807, 2.05) is 41.9 Å². The molecule has 7 nitrogen and oxygen atoms in total. The molecule has 3 heterocycles. The van der Waals surface area contributed by atoms with Gasteiger partial charge in [-0.2, -0.15) is 5.10 Å². The Morgan fingerprint density at radius 1 is 1.20 bits per heavy atom. The summed E-state index contributed by atoms with van der Waals surface area (Å²) in [6.07, 6.45) is 1.42. The number of pyridine rings is 1. The summed E-state index contributed by atoms with van der Waals surface area (Å²) in [6.45, 7) is 2.10. The SMILES string of the molecule is Cc1nn(Cc2ccccc2)c2sc(C(=O)OCC(=O)Nc3ccc(Cl)cn3)cc12. The van der Waals surface area contributed by atoms with Gasteiger partial charge in [0.15, 0.2) is 6.61 Å². The van der Waals surface area contributed by atoms with Crippen molar-refractivity contribution in [2.75, 3.05) is 11.9 Å². The van der Waals surface area contributed by atoms with Gasteiger partial charge in [-0.3, -0.25) is 9.48 Å². The van der Waals surface area contributed by atoms with Gasteiger partial charge in [-0.25, -0.2) is 9.78 Å². The van der Waals surface area contributed by atoms with Gasteiger partial charge in [0.25, 0.3) is 5.91 Å². The molecule has 0 saturated heterocycles. The summed E-state index contributed by atoms with van der Waals surface area (Å²) < 4.78 is 7.03. The van der Waals surface area contributed by atoms with E-state index in [9.17, 15) is 9.59 Å². The first-order valence-corrected chi connectivity index (χ1v) is 10.3. The van der Waals surface area contributed by atoms with E-state index < -0.39 is 18.5 Å². The number of carbonyl (C=O) groups excluding carboxylic acids is 2. The molecule has 0 bridgehead atoms. The number of ether oxygens (including phenoxy) is 1. The van der Waals surface area contributed by atoms with E-state index in [1.54, 1.807) is 18.2 Å². The van der Waals surface area contributed by atoms with Crippen LogP contribution in [-0.2, 0) is 16.1 Å². The van der Waals surface area contributed by atoms with E-state index in [-0.39, 0.29) is 0 Å². The standard InChI is InChI=1S/C21H17ClN4O3S/c1-13-16-9-17(30-20(16)26(25-13)11-14-5-3-2-4-6-14)21(28)29-12-19(27)24-18-8-7-15(22)10-23-18/h2-10H,11-12H2,1H3,(H,23,24,27). The molecule has 0 aliphatic carbocycles. The smallest absolute Gasteiger partial charge is 0.348 e. The number of hydrogen-bond acceptors (Lipinski definition) is 6. The van der Waals surface area contributed by atoms with Gasteiger partial charge in [0, 0.05) is 11.6 Å². The minimum Gasteiger partial charge on any atom is -0.451 e. The molecule has 0 atom stereocenters. The van der Waals surface area contributed by atoms with Crippen molar-refractivity contribution >= 4 is 50.8 Å².